The number of aryl methyl sites for hydroxylation is 1. The number of nitrogens with zero attached hydrogens (tertiary/aromatic N) is 3. The minimum absolute atomic E-state index is 0.113. The average molecular weight is 357 g/mol. The Kier molecular flexibility index (Phi) is 3.50. The molecule has 0 spiro atoms. The number of carbonyl (C=O) groups is 1. The van der Waals surface area contributed by atoms with Gasteiger partial charge in [0.15, 0.2) is 5.76 Å². The van der Waals surface area contributed by atoms with Gasteiger partial charge in [0.05, 0.1) is 5.41 Å². The standard InChI is InChI=1S/C19H23N3O4/c1-11-7-14(9-23)25-15(11)17(24)22-8-13-3-2-6-19(13,10-22)18-21-20-16(26-18)12-4-5-12/h7,12-13,23H,2-6,8-10H2,1H3/t13-,19-/m0/s1. The molecule has 1 aliphatic heterocycles. The van der Waals surface area contributed by atoms with Crippen LogP contribution in [0, 0.1) is 12.8 Å². The molecule has 3 aliphatic rings. The number of likely N-dealkylation sites (tertiary alicyclic amines) is 1. The fourth-order valence-corrected chi connectivity index (χ4v) is 4.71. The minimum atomic E-state index is -0.212. The van der Waals surface area contributed by atoms with Crippen molar-refractivity contribution in [3.63, 3.8) is 0 Å². The van der Waals surface area contributed by atoms with Crippen LogP contribution in [0.2, 0.25) is 0 Å². The first kappa shape index (κ1) is 16.1. The van der Waals surface area contributed by atoms with Crippen molar-refractivity contribution in [1.29, 1.82) is 0 Å². The summed E-state index contributed by atoms with van der Waals surface area (Å²) >= 11 is 0. The van der Waals surface area contributed by atoms with Crippen LogP contribution in [-0.4, -0.2) is 39.2 Å². The third kappa shape index (κ3) is 2.33. The summed E-state index contributed by atoms with van der Waals surface area (Å²) in [4.78, 5) is 14.9. The lowest BCUT2D eigenvalue weighted by molar-refractivity contribution is 0.0738. The zero-order valence-corrected chi connectivity index (χ0v) is 14.9. The first-order valence-corrected chi connectivity index (χ1v) is 9.44. The van der Waals surface area contributed by atoms with E-state index in [9.17, 15) is 9.90 Å². The molecular weight excluding hydrogens is 334 g/mol. The minimum Gasteiger partial charge on any atom is -0.453 e. The molecule has 2 aliphatic carbocycles. The molecule has 3 fully saturated rings. The lowest BCUT2D eigenvalue weighted by atomic mass is 9.80. The van der Waals surface area contributed by atoms with Gasteiger partial charge < -0.3 is 18.8 Å². The number of rotatable bonds is 4. The van der Waals surface area contributed by atoms with Gasteiger partial charge in [0, 0.05) is 24.6 Å². The molecular formula is C19H23N3O4. The van der Waals surface area contributed by atoms with Crippen LogP contribution in [0.1, 0.15) is 71.7 Å². The number of carbonyl (C=O) groups excluding carboxylic acids is 1. The van der Waals surface area contributed by atoms with Crippen molar-refractivity contribution in [3.8, 4) is 0 Å². The van der Waals surface area contributed by atoms with Gasteiger partial charge in [-0.05, 0) is 44.6 Å². The van der Waals surface area contributed by atoms with Gasteiger partial charge in [-0.1, -0.05) is 6.42 Å². The molecule has 1 amide bonds. The maximum Gasteiger partial charge on any atom is 0.289 e. The number of amides is 1. The maximum atomic E-state index is 13.0. The molecule has 1 N–H and O–H groups in total. The predicted molar refractivity (Wildman–Crippen MR) is 90.6 cm³/mol. The number of hydrogen-bond acceptors (Lipinski definition) is 6. The predicted octanol–water partition coefficient (Wildman–Crippen LogP) is 2.53. The average Bonchev–Trinajstić information content (AvgIpc) is 3.01. The Labute approximate surface area is 151 Å². The Morgan fingerprint density at radius 3 is 2.92 bits per heavy atom. The number of furan rings is 1. The van der Waals surface area contributed by atoms with Crippen molar-refractivity contribution in [1.82, 2.24) is 15.1 Å². The highest BCUT2D eigenvalue weighted by atomic mass is 16.4. The van der Waals surface area contributed by atoms with E-state index in [1.54, 1.807) is 6.07 Å². The van der Waals surface area contributed by atoms with E-state index in [4.69, 9.17) is 8.83 Å². The summed E-state index contributed by atoms with van der Waals surface area (Å²) < 4.78 is 11.6. The smallest absolute Gasteiger partial charge is 0.289 e. The monoisotopic (exact) mass is 357 g/mol. The number of aromatic nitrogens is 2. The van der Waals surface area contributed by atoms with Gasteiger partial charge in [-0.25, -0.2) is 0 Å². The second kappa shape index (κ2) is 5.67. The van der Waals surface area contributed by atoms with E-state index in [2.05, 4.69) is 10.2 Å². The topological polar surface area (TPSA) is 92.6 Å². The Morgan fingerprint density at radius 2 is 2.19 bits per heavy atom. The van der Waals surface area contributed by atoms with Crippen molar-refractivity contribution in [2.45, 2.75) is 57.0 Å². The maximum absolute atomic E-state index is 13.0. The third-order valence-electron chi connectivity index (χ3n) is 6.27. The first-order valence-electron chi connectivity index (χ1n) is 9.44. The molecule has 0 bridgehead atoms. The van der Waals surface area contributed by atoms with Crippen LogP contribution in [0.3, 0.4) is 0 Å². The molecule has 2 atom stereocenters. The van der Waals surface area contributed by atoms with E-state index in [1.807, 2.05) is 11.8 Å². The summed E-state index contributed by atoms with van der Waals surface area (Å²) in [5.41, 5.74) is 0.551. The quantitative estimate of drug-likeness (QED) is 0.904. The second-order valence-electron chi connectivity index (χ2n) is 8.03. The van der Waals surface area contributed by atoms with E-state index < -0.39 is 0 Å². The second-order valence-corrected chi connectivity index (χ2v) is 8.03. The van der Waals surface area contributed by atoms with Gasteiger partial charge in [0.2, 0.25) is 11.8 Å². The van der Waals surface area contributed by atoms with E-state index in [-0.39, 0.29) is 17.9 Å². The molecule has 2 aromatic rings. The van der Waals surface area contributed by atoms with Crippen LogP contribution in [0.5, 0.6) is 0 Å². The van der Waals surface area contributed by atoms with Crippen LogP contribution < -0.4 is 0 Å². The van der Waals surface area contributed by atoms with Crippen molar-refractivity contribution < 1.29 is 18.7 Å². The first-order chi connectivity index (χ1) is 12.6. The number of aliphatic hydroxyl groups is 1. The van der Waals surface area contributed by atoms with Gasteiger partial charge in [-0.15, -0.1) is 10.2 Å². The van der Waals surface area contributed by atoms with Crippen molar-refractivity contribution >= 4 is 5.91 Å². The molecule has 138 valence electrons. The summed E-state index contributed by atoms with van der Waals surface area (Å²) in [6.07, 6.45) is 5.44. The summed E-state index contributed by atoms with van der Waals surface area (Å²) in [6, 6.07) is 1.72. The number of fused-ring (bicyclic) bond motifs is 1. The normalized spacial score (nSPS) is 27.9. The highest BCUT2D eigenvalue weighted by molar-refractivity contribution is 5.93. The molecule has 7 nitrogen and oxygen atoms in total. The van der Waals surface area contributed by atoms with Gasteiger partial charge in [-0.2, -0.15) is 0 Å². The SMILES string of the molecule is Cc1cc(CO)oc1C(=O)N1C[C@@H]2CCC[C@]2(c2nnc(C3CC3)o2)C1. The van der Waals surface area contributed by atoms with Crippen LogP contribution in [0.4, 0.5) is 0 Å². The van der Waals surface area contributed by atoms with Gasteiger partial charge in [0.1, 0.15) is 12.4 Å². The molecule has 2 aromatic heterocycles. The van der Waals surface area contributed by atoms with Crippen LogP contribution in [-0.2, 0) is 12.0 Å². The summed E-state index contributed by atoms with van der Waals surface area (Å²) in [7, 11) is 0. The Balaban J connectivity index is 1.43. The zero-order chi connectivity index (χ0) is 17.9. The van der Waals surface area contributed by atoms with E-state index in [1.165, 1.54) is 0 Å². The molecule has 26 heavy (non-hydrogen) atoms. The van der Waals surface area contributed by atoms with Crippen molar-refractivity contribution in [2.75, 3.05) is 13.1 Å². The van der Waals surface area contributed by atoms with Crippen molar-refractivity contribution in [2.24, 2.45) is 5.92 Å². The van der Waals surface area contributed by atoms with E-state index >= 15 is 0 Å². The molecule has 0 unspecified atom stereocenters. The summed E-state index contributed by atoms with van der Waals surface area (Å²) in [5, 5.41) is 17.9. The van der Waals surface area contributed by atoms with Crippen molar-refractivity contribution in [3.05, 3.63) is 34.9 Å². The molecule has 2 saturated carbocycles. The van der Waals surface area contributed by atoms with E-state index in [0.29, 0.717) is 42.3 Å². The summed E-state index contributed by atoms with van der Waals surface area (Å²) in [6.45, 7) is 2.92. The number of hydrogen-bond donors (Lipinski definition) is 1. The van der Waals surface area contributed by atoms with Crippen LogP contribution in [0.25, 0.3) is 0 Å². The molecule has 7 heteroatoms. The molecule has 0 radical (unpaired) electrons. The fourth-order valence-electron chi connectivity index (χ4n) is 4.71. The highest BCUT2D eigenvalue weighted by Gasteiger charge is 2.55. The fraction of sp³-hybridized carbons (Fsp3) is 0.632. The van der Waals surface area contributed by atoms with E-state index in [0.717, 1.165) is 43.6 Å². The number of aliphatic hydroxyl groups excluding tert-OH is 1. The Hall–Kier alpha value is -2.15. The van der Waals surface area contributed by atoms with Gasteiger partial charge in [0.25, 0.3) is 5.91 Å². The van der Waals surface area contributed by atoms with Gasteiger partial charge >= 0.3 is 0 Å². The lowest BCUT2D eigenvalue weighted by Gasteiger charge is -2.24. The Morgan fingerprint density at radius 1 is 1.35 bits per heavy atom. The molecule has 0 aromatic carbocycles. The van der Waals surface area contributed by atoms with Gasteiger partial charge in [-0.3, -0.25) is 4.79 Å². The molecule has 5 rings (SSSR count). The molecule has 3 heterocycles. The highest BCUT2D eigenvalue weighted by Crippen LogP contribution is 2.51. The van der Waals surface area contributed by atoms with Crippen LogP contribution >= 0.6 is 0 Å². The Bertz CT molecular complexity index is 853. The summed E-state index contributed by atoms with van der Waals surface area (Å²) in [5.74, 6) is 2.90. The molecule has 1 saturated heterocycles. The largest absolute Gasteiger partial charge is 0.453 e. The third-order valence-corrected chi connectivity index (χ3v) is 6.27. The zero-order valence-electron chi connectivity index (χ0n) is 14.9. The lowest BCUT2D eigenvalue weighted by Crippen LogP contribution is -2.35. The van der Waals surface area contributed by atoms with Crippen LogP contribution in [0.15, 0.2) is 14.9 Å².